The summed E-state index contributed by atoms with van der Waals surface area (Å²) in [6, 6.07) is 24.5. The minimum Gasteiger partial charge on any atom is -0.383 e. The van der Waals surface area contributed by atoms with Crippen LogP contribution in [-0.4, -0.2) is 21.5 Å². The maximum absolute atomic E-state index is 12.7. The fourth-order valence-corrected chi connectivity index (χ4v) is 4.66. The zero-order valence-corrected chi connectivity index (χ0v) is 20.2. The minimum absolute atomic E-state index is 0.0552. The van der Waals surface area contributed by atoms with Gasteiger partial charge in [-0.3, -0.25) is 9.36 Å². The van der Waals surface area contributed by atoms with Gasteiger partial charge < -0.3 is 16.8 Å². The molecule has 0 aliphatic heterocycles. The summed E-state index contributed by atoms with van der Waals surface area (Å²) in [5.41, 5.74) is 18.6. The van der Waals surface area contributed by atoms with E-state index in [2.05, 4.69) is 36.5 Å². The molecule has 1 aliphatic carbocycles. The van der Waals surface area contributed by atoms with Gasteiger partial charge in [-0.1, -0.05) is 60.7 Å². The van der Waals surface area contributed by atoms with Gasteiger partial charge in [-0.05, 0) is 61.1 Å². The highest BCUT2D eigenvalue weighted by molar-refractivity contribution is 5.95. The highest BCUT2D eigenvalue weighted by Gasteiger charge is 2.36. The average Bonchev–Trinajstić information content (AvgIpc) is 3.63. The largest absolute Gasteiger partial charge is 0.383 e. The molecule has 5 rings (SSSR count). The second kappa shape index (κ2) is 9.04. The number of nitrogen functional groups attached to an aromatic ring is 1. The van der Waals surface area contributed by atoms with E-state index in [9.17, 15) is 4.79 Å². The van der Waals surface area contributed by atoms with Crippen molar-refractivity contribution in [1.82, 2.24) is 14.9 Å². The summed E-state index contributed by atoms with van der Waals surface area (Å²) in [7, 11) is 0. The molecule has 35 heavy (non-hydrogen) atoms. The van der Waals surface area contributed by atoms with Crippen LogP contribution in [0.1, 0.15) is 58.1 Å². The molecule has 0 bridgehead atoms. The van der Waals surface area contributed by atoms with E-state index in [1.807, 2.05) is 60.0 Å². The topological polar surface area (TPSA) is 99.0 Å². The first kappa shape index (κ1) is 22.9. The number of carbonyl (C=O) groups excluding carboxylic acids is 1. The SMILES string of the molecule is Cc1ccc(C(=O)NC2CC2)cc1-n1cnc(C(C)(c2ccccc2)c2cccc(CN)c2)c1N. The Balaban J connectivity index is 1.63. The number of nitrogens with two attached hydrogens (primary N) is 2. The lowest BCUT2D eigenvalue weighted by Crippen LogP contribution is -2.27. The van der Waals surface area contributed by atoms with Crippen molar-refractivity contribution in [1.29, 1.82) is 0 Å². The number of nitrogens with zero attached hydrogens (tertiary/aromatic N) is 2. The number of nitrogens with one attached hydrogen (secondary N) is 1. The Kier molecular flexibility index (Phi) is 5.91. The van der Waals surface area contributed by atoms with Crippen LogP contribution in [0.5, 0.6) is 0 Å². The molecule has 0 radical (unpaired) electrons. The third-order valence-corrected chi connectivity index (χ3v) is 7.01. The Morgan fingerprint density at radius 1 is 1.06 bits per heavy atom. The molecule has 6 heteroatoms. The Bertz CT molecular complexity index is 1370. The molecule has 0 saturated heterocycles. The summed E-state index contributed by atoms with van der Waals surface area (Å²) < 4.78 is 1.88. The zero-order chi connectivity index (χ0) is 24.6. The van der Waals surface area contributed by atoms with Crippen molar-refractivity contribution in [2.45, 2.75) is 44.7 Å². The number of aromatic nitrogens is 2. The number of hydrogen-bond acceptors (Lipinski definition) is 4. The van der Waals surface area contributed by atoms with Gasteiger partial charge in [-0.15, -0.1) is 0 Å². The van der Waals surface area contributed by atoms with Crippen LogP contribution in [0, 0.1) is 6.92 Å². The number of aryl methyl sites for hydroxylation is 1. The van der Waals surface area contributed by atoms with Gasteiger partial charge >= 0.3 is 0 Å². The Morgan fingerprint density at radius 2 is 1.80 bits per heavy atom. The molecule has 4 aromatic rings. The number of hydrogen-bond donors (Lipinski definition) is 3. The third kappa shape index (κ3) is 4.21. The molecule has 1 aromatic heterocycles. The highest BCUT2D eigenvalue weighted by atomic mass is 16.1. The van der Waals surface area contributed by atoms with Crippen LogP contribution >= 0.6 is 0 Å². The molecular formula is C29H31N5O. The first-order valence-corrected chi connectivity index (χ1v) is 12.0. The van der Waals surface area contributed by atoms with E-state index in [1.54, 1.807) is 6.33 Å². The third-order valence-electron chi connectivity index (χ3n) is 7.01. The maximum Gasteiger partial charge on any atom is 0.251 e. The molecule has 0 spiro atoms. The van der Waals surface area contributed by atoms with Gasteiger partial charge in [0.05, 0.1) is 16.8 Å². The summed E-state index contributed by atoms with van der Waals surface area (Å²) >= 11 is 0. The molecule has 3 aromatic carbocycles. The van der Waals surface area contributed by atoms with Crippen molar-refractivity contribution in [3.8, 4) is 5.69 Å². The van der Waals surface area contributed by atoms with Crippen molar-refractivity contribution < 1.29 is 4.79 Å². The number of rotatable bonds is 7. The molecule has 1 unspecified atom stereocenters. The van der Waals surface area contributed by atoms with Crippen LogP contribution in [-0.2, 0) is 12.0 Å². The van der Waals surface area contributed by atoms with Crippen LogP contribution in [0.2, 0.25) is 0 Å². The molecule has 1 amide bonds. The Labute approximate surface area is 206 Å². The summed E-state index contributed by atoms with van der Waals surface area (Å²) in [5, 5.41) is 3.06. The standard InChI is InChI=1S/C29H31N5O/c1-19-11-12-21(28(35)33-24-13-14-24)16-25(19)34-18-32-26(27(34)31)29(2,22-8-4-3-5-9-22)23-10-6-7-20(15-23)17-30/h3-12,15-16,18,24H,13-14,17,30-31H2,1-2H3,(H,33,35). The monoisotopic (exact) mass is 465 g/mol. The van der Waals surface area contributed by atoms with E-state index in [-0.39, 0.29) is 5.91 Å². The van der Waals surface area contributed by atoms with Crippen molar-refractivity contribution in [2.75, 3.05) is 5.73 Å². The number of carbonyl (C=O) groups is 1. The summed E-state index contributed by atoms with van der Waals surface area (Å²) in [5.74, 6) is 0.484. The van der Waals surface area contributed by atoms with E-state index in [0.29, 0.717) is 24.0 Å². The van der Waals surface area contributed by atoms with E-state index < -0.39 is 5.41 Å². The van der Waals surface area contributed by atoms with Gasteiger partial charge in [0.2, 0.25) is 0 Å². The molecule has 1 fully saturated rings. The van der Waals surface area contributed by atoms with Crippen LogP contribution in [0.4, 0.5) is 5.82 Å². The number of anilines is 1. The van der Waals surface area contributed by atoms with Gasteiger partial charge in [0, 0.05) is 18.2 Å². The van der Waals surface area contributed by atoms with E-state index in [1.165, 1.54) is 0 Å². The lowest BCUT2D eigenvalue weighted by molar-refractivity contribution is 0.0951. The molecule has 1 heterocycles. The number of benzene rings is 3. The second-order valence-electron chi connectivity index (χ2n) is 9.49. The maximum atomic E-state index is 12.7. The predicted octanol–water partition coefficient (Wildman–Crippen LogP) is 4.47. The number of imidazole rings is 1. The predicted molar refractivity (Wildman–Crippen MR) is 140 cm³/mol. The van der Waals surface area contributed by atoms with Crippen molar-refractivity contribution in [2.24, 2.45) is 5.73 Å². The smallest absolute Gasteiger partial charge is 0.251 e. The van der Waals surface area contributed by atoms with Crippen molar-refractivity contribution in [3.63, 3.8) is 0 Å². The second-order valence-corrected chi connectivity index (χ2v) is 9.49. The van der Waals surface area contributed by atoms with E-state index in [4.69, 9.17) is 16.5 Å². The van der Waals surface area contributed by atoms with Gasteiger partial charge in [0.1, 0.15) is 12.1 Å². The first-order valence-electron chi connectivity index (χ1n) is 12.0. The Hall–Kier alpha value is -3.90. The minimum atomic E-state index is -0.601. The average molecular weight is 466 g/mol. The lowest BCUT2D eigenvalue weighted by atomic mass is 9.73. The first-order chi connectivity index (χ1) is 16.9. The molecule has 1 atom stereocenters. The molecule has 178 valence electrons. The highest BCUT2D eigenvalue weighted by Crippen LogP contribution is 2.41. The van der Waals surface area contributed by atoms with E-state index >= 15 is 0 Å². The fourth-order valence-electron chi connectivity index (χ4n) is 4.66. The van der Waals surface area contributed by atoms with E-state index in [0.717, 1.165) is 46.5 Å². The zero-order valence-electron chi connectivity index (χ0n) is 20.2. The van der Waals surface area contributed by atoms with Gasteiger partial charge in [0.15, 0.2) is 0 Å². The molecule has 1 aliphatic rings. The molecule has 6 nitrogen and oxygen atoms in total. The van der Waals surface area contributed by atoms with Gasteiger partial charge in [-0.25, -0.2) is 4.98 Å². The lowest BCUT2D eigenvalue weighted by Gasteiger charge is -2.30. The molecular weight excluding hydrogens is 434 g/mol. The normalized spacial score (nSPS) is 14.9. The fraction of sp³-hybridized carbons (Fsp3) is 0.241. The van der Waals surface area contributed by atoms with Crippen molar-refractivity contribution in [3.05, 3.63) is 113 Å². The number of amides is 1. The Morgan fingerprint density at radius 3 is 2.51 bits per heavy atom. The molecule has 1 saturated carbocycles. The van der Waals surface area contributed by atoms with Crippen LogP contribution in [0.3, 0.4) is 0 Å². The van der Waals surface area contributed by atoms with Crippen LogP contribution in [0.25, 0.3) is 5.69 Å². The summed E-state index contributed by atoms with van der Waals surface area (Å²) in [4.78, 5) is 17.5. The van der Waals surface area contributed by atoms with Gasteiger partial charge in [-0.2, -0.15) is 0 Å². The molecule has 5 N–H and O–H groups in total. The van der Waals surface area contributed by atoms with Crippen LogP contribution < -0.4 is 16.8 Å². The summed E-state index contributed by atoms with van der Waals surface area (Å²) in [6.45, 7) is 4.61. The summed E-state index contributed by atoms with van der Waals surface area (Å²) in [6.07, 6.45) is 3.85. The quantitative estimate of drug-likeness (QED) is 0.375. The van der Waals surface area contributed by atoms with Gasteiger partial charge in [0.25, 0.3) is 5.91 Å². The van der Waals surface area contributed by atoms with Crippen LogP contribution in [0.15, 0.2) is 79.1 Å². The van der Waals surface area contributed by atoms with Crippen molar-refractivity contribution >= 4 is 11.7 Å².